The zero-order valence-corrected chi connectivity index (χ0v) is 12.3. The number of anilines is 1. The van der Waals surface area contributed by atoms with Gasteiger partial charge in [0.2, 0.25) is 11.0 Å². The fourth-order valence-corrected chi connectivity index (χ4v) is 3.02. The Labute approximate surface area is 124 Å². The molecule has 1 heterocycles. The van der Waals surface area contributed by atoms with E-state index in [1.807, 2.05) is 6.92 Å². The summed E-state index contributed by atoms with van der Waals surface area (Å²) >= 11 is 2.89. The molecule has 0 unspecified atom stereocenters. The van der Waals surface area contributed by atoms with Crippen molar-refractivity contribution in [2.75, 3.05) is 11.1 Å². The van der Waals surface area contributed by atoms with Crippen molar-refractivity contribution in [3.63, 3.8) is 0 Å². The monoisotopic (exact) mass is 309 g/mol. The molecule has 1 aromatic heterocycles. The molecule has 2 rings (SSSR count). The third-order valence-electron chi connectivity index (χ3n) is 2.18. The summed E-state index contributed by atoms with van der Waals surface area (Å²) in [4.78, 5) is 11.7. The highest BCUT2D eigenvalue weighted by Gasteiger charge is 2.05. The minimum atomic E-state index is -0.335. The van der Waals surface area contributed by atoms with E-state index >= 15 is 0 Å². The standard InChI is InChI=1S/C13H12FN3OS2/c1-2-19-13-17-16-12(20-13)15-11(18)7-6-9-4-3-5-10(14)8-9/h3-8H,2H2,1H3,(H,15,16,18)/b7-6+. The molecule has 1 amide bonds. The number of amides is 1. The highest BCUT2D eigenvalue weighted by Crippen LogP contribution is 2.24. The van der Waals surface area contributed by atoms with Gasteiger partial charge in [-0.1, -0.05) is 42.2 Å². The lowest BCUT2D eigenvalue weighted by Gasteiger charge is -1.95. The fraction of sp³-hybridized carbons (Fsp3) is 0.154. The summed E-state index contributed by atoms with van der Waals surface area (Å²) in [6.45, 7) is 2.02. The molecule has 1 N–H and O–H groups in total. The maximum atomic E-state index is 13.0. The molecule has 1 aromatic carbocycles. The number of carbonyl (C=O) groups excluding carboxylic acids is 1. The Morgan fingerprint density at radius 1 is 1.50 bits per heavy atom. The van der Waals surface area contributed by atoms with Gasteiger partial charge in [-0.2, -0.15) is 0 Å². The molecule has 0 spiro atoms. The lowest BCUT2D eigenvalue weighted by molar-refractivity contribution is -0.111. The quantitative estimate of drug-likeness (QED) is 0.522. The first kappa shape index (κ1) is 14.7. The zero-order valence-electron chi connectivity index (χ0n) is 10.7. The number of aromatic nitrogens is 2. The minimum absolute atomic E-state index is 0.321. The largest absolute Gasteiger partial charge is 0.297 e. The second-order valence-electron chi connectivity index (χ2n) is 3.68. The van der Waals surface area contributed by atoms with Crippen molar-refractivity contribution < 1.29 is 9.18 Å². The van der Waals surface area contributed by atoms with E-state index in [4.69, 9.17) is 0 Å². The molecule has 104 valence electrons. The molecule has 0 bridgehead atoms. The van der Waals surface area contributed by atoms with Crippen LogP contribution in [0.3, 0.4) is 0 Å². The lowest BCUT2D eigenvalue weighted by atomic mass is 10.2. The number of nitrogens with one attached hydrogen (secondary N) is 1. The van der Waals surface area contributed by atoms with Gasteiger partial charge in [-0.05, 0) is 29.5 Å². The summed E-state index contributed by atoms with van der Waals surface area (Å²) < 4.78 is 13.8. The van der Waals surface area contributed by atoms with Gasteiger partial charge < -0.3 is 0 Å². The topological polar surface area (TPSA) is 54.9 Å². The number of hydrogen-bond acceptors (Lipinski definition) is 5. The molecule has 0 saturated carbocycles. The number of benzene rings is 1. The number of hydrogen-bond donors (Lipinski definition) is 1. The molecule has 0 aliphatic heterocycles. The Bertz CT molecular complexity index is 628. The van der Waals surface area contributed by atoms with E-state index in [9.17, 15) is 9.18 Å². The number of rotatable bonds is 5. The molecule has 7 heteroatoms. The molecule has 0 radical (unpaired) electrons. The molecule has 0 aliphatic rings. The van der Waals surface area contributed by atoms with Crippen LogP contribution < -0.4 is 5.32 Å². The van der Waals surface area contributed by atoms with Crippen LogP contribution in [0.2, 0.25) is 0 Å². The third-order valence-corrected chi connectivity index (χ3v) is 4.03. The van der Waals surface area contributed by atoms with E-state index in [-0.39, 0.29) is 11.7 Å². The van der Waals surface area contributed by atoms with Gasteiger partial charge in [0.25, 0.3) is 0 Å². The van der Waals surface area contributed by atoms with E-state index in [2.05, 4.69) is 15.5 Å². The Hall–Kier alpha value is -1.73. The minimum Gasteiger partial charge on any atom is -0.297 e. The van der Waals surface area contributed by atoms with Crippen molar-refractivity contribution >= 4 is 40.2 Å². The average Bonchev–Trinajstić information content (AvgIpc) is 2.84. The fourth-order valence-electron chi connectivity index (χ4n) is 1.37. The second kappa shape index (κ2) is 7.16. The molecule has 0 atom stereocenters. The van der Waals surface area contributed by atoms with Gasteiger partial charge in [-0.15, -0.1) is 10.2 Å². The third kappa shape index (κ3) is 4.43. The summed E-state index contributed by atoms with van der Waals surface area (Å²) in [6.07, 6.45) is 2.88. The van der Waals surface area contributed by atoms with Crippen LogP contribution in [0.25, 0.3) is 6.08 Å². The van der Waals surface area contributed by atoms with Gasteiger partial charge in [0.15, 0.2) is 4.34 Å². The van der Waals surface area contributed by atoms with Gasteiger partial charge in [-0.25, -0.2) is 4.39 Å². The molecule has 0 aliphatic carbocycles. The number of thioether (sulfide) groups is 1. The van der Waals surface area contributed by atoms with Crippen molar-refractivity contribution in [2.24, 2.45) is 0 Å². The Morgan fingerprint density at radius 3 is 3.10 bits per heavy atom. The zero-order chi connectivity index (χ0) is 14.4. The second-order valence-corrected chi connectivity index (χ2v) is 6.17. The van der Waals surface area contributed by atoms with Crippen LogP contribution in [0.1, 0.15) is 12.5 Å². The number of carbonyl (C=O) groups is 1. The highest BCUT2D eigenvalue weighted by molar-refractivity contribution is 8.01. The number of nitrogens with zero attached hydrogens (tertiary/aromatic N) is 2. The van der Waals surface area contributed by atoms with Gasteiger partial charge in [0.1, 0.15) is 5.82 Å². The van der Waals surface area contributed by atoms with Crippen LogP contribution in [0.4, 0.5) is 9.52 Å². The lowest BCUT2D eigenvalue weighted by Crippen LogP contribution is -2.07. The smallest absolute Gasteiger partial charge is 0.250 e. The summed E-state index contributed by atoms with van der Waals surface area (Å²) in [5.41, 5.74) is 0.625. The van der Waals surface area contributed by atoms with Gasteiger partial charge in [-0.3, -0.25) is 10.1 Å². The van der Waals surface area contributed by atoms with Crippen LogP contribution in [-0.2, 0) is 4.79 Å². The van der Waals surface area contributed by atoms with E-state index in [0.717, 1.165) is 10.1 Å². The SMILES string of the molecule is CCSc1nnc(NC(=O)/C=C/c2cccc(F)c2)s1. The molecule has 20 heavy (non-hydrogen) atoms. The summed E-state index contributed by atoms with van der Waals surface area (Å²) in [5, 5.41) is 10.9. The molecule has 0 saturated heterocycles. The van der Waals surface area contributed by atoms with E-state index in [1.54, 1.807) is 30.0 Å². The summed E-state index contributed by atoms with van der Waals surface area (Å²) in [7, 11) is 0. The van der Waals surface area contributed by atoms with Gasteiger partial charge in [0, 0.05) is 6.08 Å². The predicted octanol–water partition coefficient (Wildman–Crippen LogP) is 3.44. The predicted molar refractivity (Wildman–Crippen MR) is 80.4 cm³/mol. The average molecular weight is 309 g/mol. The van der Waals surface area contributed by atoms with Crippen molar-refractivity contribution in [3.8, 4) is 0 Å². The van der Waals surface area contributed by atoms with Crippen molar-refractivity contribution in [1.82, 2.24) is 10.2 Å². The first-order chi connectivity index (χ1) is 9.67. The van der Waals surface area contributed by atoms with Crippen molar-refractivity contribution in [3.05, 3.63) is 41.7 Å². The highest BCUT2D eigenvalue weighted by atomic mass is 32.2. The first-order valence-electron chi connectivity index (χ1n) is 5.88. The van der Waals surface area contributed by atoms with Gasteiger partial charge in [0.05, 0.1) is 0 Å². The molecular weight excluding hydrogens is 297 g/mol. The maximum absolute atomic E-state index is 13.0. The molecular formula is C13H12FN3OS2. The maximum Gasteiger partial charge on any atom is 0.250 e. The molecule has 4 nitrogen and oxygen atoms in total. The van der Waals surface area contributed by atoms with E-state index < -0.39 is 0 Å². The first-order valence-corrected chi connectivity index (χ1v) is 7.68. The van der Waals surface area contributed by atoms with Crippen LogP contribution in [0.15, 0.2) is 34.7 Å². The molecule has 2 aromatic rings. The van der Waals surface area contributed by atoms with Crippen LogP contribution in [-0.4, -0.2) is 21.9 Å². The summed E-state index contributed by atoms with van der Waals surface area (Å²) in [6, 6.07) is 6.01. The Morgan fingerprint density at radius 2 is 2.35 bits per heavy atom. The number of halogens is 1. The van der Waals surface area contributed by atoms with Crippen molar-refractivity contribution in [2.45, 2.75) is 11.3 Å². The van der Waals surface area contributed by atoms with Crippen molar-refractivity contribution in [1.29, 1.82) is 0 Å². The van der Waals surface area contributed by atoms with Crippen LogP contribution in [0.5, 0.6) is 0 Å². The van der Waals surface area contributed by atoms with Crippen LogP contribution >= 0.6 is 23.1 Å². The van der Waals surface area contributed by atoms with E-state index in [1.165, 1.54) is 29.5 Å². The van der Waals surface area contributed by atoms with E-state index in [0.29, 0.717) is 10.7 Å². The summed E-state index contributed by atoms with van der Waals surface area (Å²) in [5.74, 6) is 0.249. The molecule has 0 fully saturated rings. The normalized spacial score (nSPS) is 10.9. The van der Waals surface area contributed by atoms with Crippen LogP contribution in [0, 0.1) is 5.82 Å². The van der Waals surface area contributed by atoms with Gasteiger partial charge >= 0.3 is 0 Å². The Kier molecular flexibility index (Phi) is 5.25. The Balaban J connectivity index is 1.94.